The van der Waals surface area contributed by atoms with E-state index in [0.717, 1.165) is 5.92 Å². The molecule has 2 unspecified atom stereocenters. The van der Waals surface area contributed by atoms with E-state index in [1.165, 1.54) is 25.7 Å². The fourth-order valence-corrected chi connectivity index (χ4v) is 2.19. The molecular formula is C9H13N. The molecule has 1 nitrogen and oxygen atoms in total. The van der Waals surface area contributed by atoms with Crippen molar-refractivity contribution in [2.24, 2.45) is 17.3 Å². The van der Waals surface area contributed by atoms with Crippen LogP contribution in [-0.4, -0.2) is 0 Å². The van der Waals surface area contributed by atoms with E-state index in [9.17, 15) is 0 Å². The number of nitrogens with zero attached hydrogens (tertiary/aromatic N) is 1. The standard InChI is InChI=1S/C9H13N/c1-7-5-9(7,6-10)8-3-2-4-8/h7-8H,2-5H2,1H3. The lowest BCUT2D eigenvalue weighted by atomic mass is 9.73. The molecule has 10 heavy (non-hydrogen) atoms. The maximum absolute atomic E-state index is 8.91. The topological polar surface area (TPSA) is 23.8 Å². The molecule has 0 aliphatic heterocycles. The Bertz CT molecular complexity index is 187. The molecule has 2 atom stereocenters. The number of nitriles is 1. The molecule has 0 spiro atoms. The largest absolute Gasteiger partial charge is 0.198 e. The van der Waals surface area contributed by atoms with Crippen molar-refractivity contribution in [3.8, 4) is 6.07 Å². The molecule has 0 saturated heterocycles. The zero-order valence-corrected chi connectivity index (χ0v) is 6.43. The van der Waals surface area contributed by atoms with Gasteiger partial charge in [0.2, 0.25) is 0 Å². The summed E-state index contributed by atoms with van der Waals surface area (Å²) in [6.45, 7) is 2.21. The van der Waals surface area contributed by atoms with E-state index in [-0.39, 0.29) is 5.41 Å². The van der Waals surface area contributed by atoms with Crippen LogP contribution in [0.4, 0.5) is 0 Å². The minimum Gasteiger partial charge on any atom is -0.198 e. The van der Waals surface area contributed by atoms with E-state index in [1.54, 1.807) is 0 Å². The summed E-state index contributed by atoms with van der Waals surface area (Å²) >= 11 is 0. The first-order chi connectivity index (χ1) is 4.79. The second-order valence-electron chi connectivity index (χ2n) is 3.89. The first-order valence-electron chi connectivity index (χ1n) is 4.21. The summed E-state index contributed by atoms with van der Waals surface area (Å²) in [6, 6.07) is 2.50. The van der Waals surface area contributed by atoms with E-state index < -0.39 is 0 Å². The third-order valence-electron chi connectivity index (χ3n) is 3.41. The Kier molecular flexibility index (Phi) is 1.09. The van der Waals surface area contributed by atoms with Crippen LogP contribution >= 0.6 is 0 Å². The van der Waals surface area contributed by atoms with Crippen molar-refractivity contribution >= 4 is 0 Å². The Hall–Kier alpha value is -0.510. The minimum absolute atomic E-state index is 0.151. The Morgan fingerprint density at radius 3 is 2.20 bits per heavy atom. The molecule has 2 rings (SSSR count). The molecule has 0 amide bonds. The predicted molar refractivity (Wildman–Crippen MR) is 39.2 cm³/mol. The SMILES string of the molecule is CC1CC1(C#N)C1CCC1. The van der Waals surface area contributed by atoms with E-state index in [1.807, 2.05) is 0 Å². The fourth-order valence-electron chi connectivity index (χ4n) is 2.19. The Balaban J connectivity index is 2.08. The third-order valence-corrected chi connectivity index (χ3v) is 3.41. The van der Waals surface area contributed by atoms with Crippen molar-refractivity contribution in [3.05, 3.63) is 0 Å². The highest BCUT2D eigenvalue weighted by Crippen LogP contribution is 2.62. The highest BCUT2D eigenvalue weighted by molar-refractivity contribution is 5.18. The van der Waals surface area contributed by atoms with Gasteiger partial charge in [-0.05, 0) is 31.1 Å². The highest BCUT2D eigenvalue weighted by atomic mass is 14.6. The summed E-state index contributed by atoms with van der Waals surface area (Å²) < 4.78 is 0. The molecule has 1 heteroatoms. The fraction of sp³-hybridized carbons (Fsp3) is 0.889. The van der Waals surface area contributed by atoms with Crippen LogP contribution in [0.5, 0.6) is 0 Å². The normalized spacial score (nSPS) is 45.8. The maximum Gasteiger partial charge on any atom is 0.0695 e. The molecule has 0 bridgehead atoms. The van der Waals surface area contributed by atoms with E-state index >= 15 is 0 Å². The van der Waals surface area contributed by atoms with Crippen LogP contribution in [0.1, 0.15) is 32.6 Å². The monoisotopic (exact) mass is 135 g/mol. The van der Waals surface area contributed by atoms with Crippen molar-refractivity contribution < 1.29 is 0 Å². The van der Waals surface area contributed by atoms with Gasteiger partial charge >= 0.3 is 0 Å². The smallest absolute Gasteiger partial charge is 0.0695 e. The van der Waals surface area contributed by atoms with E-state index in [2.05, 4.69) is 13.0 Å². The van der Waals surface area contributed by atoms with Crippen molar-refractivity contribution in [2.75, 3.05) is 0 Å². The van der Waals surface area contributed by atoms with Crippen LogP contribution < -0.4 is 0 Å². The molecule has 2 aliphatic carbocycles. The number of hydrogen-bond donors (Lipinski definition) is 0. The van der Waals surface area contributed by atoms with Gasteiger partial charge in [0, 0.05) is 0 Å². The van der Waals surface area contributed by atoms with Gasteiger partial charge in [-0.2, -0.15) is 5.26 Å². The molecule has 0 aromatic rings. The lowest BCUT2D eigenvalue weighted by Gasteiger charge is -2.30. The third kappa shape index (κ3) is 0.572. The Labute approximate surface area is 62.0 Å². The minimum atomic E-state index is 0.151. The van der Waals surface area contributed by atoms with Crippen molar-refractivity contribution in [2.45, 2.75) is 32.6 Å². The molecule has 0 aromatic carbocycles. The van der Waals surface area contributed by atoms with Crippen LogP contribution in [-0.2, 0) is 0 Å². The van der Waals surface area contributed by atoms with E-state index in [4.69, 9.17) is 5.26 Å². The molecule has 2 aliphatic rings. The molecule has 2 fully saturated rings. The van der Waals surface area contributed by atoms with Crippen molar-refractivity contribution in [1.82, 2.24) is 0 Å². The number of rotatable bonds is 1. The zero-order chi connectivity index (χ0) is 7.19. The number of hydrogen-bond acceptors (Lipinski definition) is 1. The van der Waals surface area contributed by atoms with Gasteiger partial charge in [0.05, 0.1) is 11.5 Å². The first-order valence-corrected chi connectivity index (χ1v) is 4.21. The first kappa shape index (κ1) is 6.22. The van der Waals surface area contributed by atoms with Gasteiger partial charge in [-0.15, -0.1) is 0 Å². The Morgan fingerprint density at radius 1 is 1.50 bits per heavy atom. The molecule has 54 valence electrons. The van der Waals surface area contributed by atoms with Crippen LogP contribution in [0, 0.1) is 28.6 Å². The summed E-state index contributed by atoms with van der Waals surface area (Å²) in [6.07, 6.45) is 5.17. The van der Waals surface area contributed by atoms with Crippen molar-refractivity contribution in [1.29, 1.82) is 5.26 Å². The van der Waals surface area contributed by atoms with Gasteiger partial charge in [0.1, 0.15) is 0 Å². The van der Waals surface area contributed by atoms with Crippen LogP contribution in [0.2, 0.25) is 0 Å². The molecule has 2 saturated carbocycles. The van der Waals surface area contributed by atoms with Gasteiger partial charge in [0.15, 0.2) is 0 Å². The summed E-state index contributed by atoms with van der Waals surface area (Å²) in [4.78, 5) is 0. The average molecular weight is 135 g/mol. The second-order valence-corrected chi connectivity index (χ2v) is 3.89. The maximum atomic E-state index is 8.91. The zero-order valence-electron chi connectivity index (χ0n) is 6.43. The van der Waals surface area contributed by atoms with Crippen molar-refractivity contribution in [3.63, 3.8) is 0 Å². The summed E-state index contributed by atoms with van der Waals surface area (Å²) in [5.74, 6) is 1.47. The quantitative estimate of drug-likeness (QED) is 0.541. The lowest BCUT2D eigenvalue weighted by Crippen LogP contribution is -2.23. The van der Waals surface area contributed by atoms with Crippen LogP contribution in [0.25, 0.3) is 0 Å². The van der Waals surface area contributed by atoms with Crippen LogP contribution in [0.15, 0.2) is 0 Å². The highest BCUT2D eigenvalue weighted by Gasteiger charge is 2.58. The van der Waals surface area contributed by atoms with Gasteiger partial charge < -0.3 is 0 Å². The molecular weight excluding hydrogens is 122 g/mol. The Morgan fingerprint density at radius 2 is 2.10 bits per heavy atom. The van der Waals surface area contributed by atoms with E-state index in [0.29, 0.717) is 5.92 Å². The molecule has 0 N–H and O–H groups in total. The van der Waals surface area contributed by atoms with Crippen LogP contribution in [0.3, 0.4) is 0 Å². The van der Waals surface area contributed by atoms with Gasteiger partial charge in [-0.25, -0.2) is 0 Å². The van der Waals surface area contributed by atoms with Gasteiger partial charge in [-0.3, -0.25) is 0 Å². The van der Waals surface area contributed by atoms with Gasteiger partial charge in [0.25, 0.3) is 0 Å². The molecule has 0 radical (unpaired) electrons. The summed E-state index contributed by atoms with van der Waals surface area (Å²) in [7, 11) is 0. The summed E-state index contributed by atoms with van der Waals surface area (Å²) in [5, 5.41) is 8.91. The molecule has 0 heterocycles. The lowest BCUT2D eigenvalue weighted by molar-refractivity contribution is 0.218. The summed E-state index contributed by atoms with van der Waals surface area (Å²) in [5.41, 5.74) is 0.151. The molecule has 0 aromatic heterocycles. The van der Waals surface area contributed by atoms with Gasteiger partial charge in [-0.1, -0.05) is 13.3 Å². The predicted octanol–water partition coefficient (Wildman–Crippen LogP) is 2.34. The average Bonchev–Trinajstić information content (AvgIpc) is 2.39. The second kappa shape index (κ2) is 1.75.